The fourth-order valence-electron chi connectivity index (χ4n) is 2.66. The van der Waals surface area contributed by atoms with Crippen LogP contribution < -0.4 is 20.1 Å². The Morgan fingerprint density at radius 3 is 2.60 bits per heavy atom. The molecule has 2 aromatic carbocycles. The number of aliphatic imine (C=N–C) groups is 1. The highest BCUT2D eigenvalue weighted by Gasteiger charge is 2.13. The molecule has 0 fully saturated rings. The van der Waals surface area contributed by atoms with Crippen molar-refractivity contribution >= 4 is 5.96 Å². The number of nitrogens with one attached hydrogen (secondary N) is 2. The van der Waals surface area contributed by atoms with Crippen LogP contribution in [0.4, 0.5) is 0 Å². The molecule has 0 saturated heterocycles. The van der Waals surface area contributed by atoms with Crippen molar-refractivity contribution in [3.63, 3.8) is 0 Å². The van der Waals surface area contributed by atoms with Gasteiger partial charge in [-0.25, -0.2) is 0 Å². The zero-order valence-electron chi connectivity index (χ0n) is 14.5. The normalized spacial score (nSPS) is 13.0. The molecular weight excluding hydrogens is 318 g/mol. The Bertz CT molecular complexity index is 746. The van der Waals surface area contributed by atoms with Crippen LogP contribution in [-0.4, -0.2) is 26.9 Å². The first-order valence-electron chi connectivity index (χ1n) is 8.19. The van der Waals surface area contributed by atoms with Crippen molar-refractivity contribution in [1.82, 2.24) is 10.6 Å². The van der Waals surface area contributed by atoms with Gasteiger partial charge in [-0.3, -0.25) is 4.99 Å². The Morgan fingerprint density at radius 2 is 1.80 bits per heavy atom. The molecule has 6 nitrogen and oxygen atoms in total. The van der Waals surface area contributed by atoms with E-state index in [1.54, 1.807) is 14.2 Å². The van der Waals surface area contributed by atoms with Gasteiger partial charge in [0.15, 0.2) is 17.5 Å². The Kier molecular flexibility index (Phi) is 5.74. The summed E-state index contributed by atoms with van der Waals surface area (Å²) in [5.74, 6) is 2.32. The van der Waals surface area contributed by atoms with Gasteiger partial charge < -0.3 is 24.8 Å². The number of guanidine groups is 1. The molecule has 3 rings (SSSR count). The van der Waals surface area contributed by atoms with E-state index in [4.69, 9.17) is 14.2 Å². The lowest BCUT2D eigenvalue weighted by atomic mass is 10.1. The van der Waals surface area contributed by atoms with Crippen LogP contribution in [0, 0.1) is 0 Å². The Morgan fingerprint density at radius 1 is 1.04 bits per heavy atom. The van der Waals surface area contributed by atoms with Crippen LogP contribution in [0.15, 0.2) is 47.5 Å². The van der Waals surface area contributed by atoms with Crippen LogP contribution >= 0.6 is 0 Å². The summed E-state index contributed by atoms with van der Waals surface area (Å²) in [5, 5.41) is 6.64. The molecule has 0 unspecified atom stereocenters. The summed E-state index contributed by atoms with van der Waals surface area (Å²) in [6.45, 7) is 2.22. The molecule has 2 aromatic rings. The number of nitrogens with zero attached hydrogens (tertiary/aromatic N) is 1. The summed E-state index contributed by atoms with van der Waals surface area (Å²) in [6, 6.07) is 14.1. The summed E-state index contributed by atoms with van der Waals surface area (Å²) < 4.78 is 16.0. The number of hydrogen-bond donors (Lipinski definition) is 2. The first-order valence-corrected chi connectivity index (χ1v) is 8.19. The van der Waals surface area contributed by atoms with E-state index in [-0.39, 0.29) is 6.79 Å². The highest BCUT2D eigenvalue weighted by molar-refractivity contribution is 5.79. The minimum atomic E-state index is 0.288. The summed E-state index contributed by atoms with van der Waals surface area (Å²) in [7, 11) is 3.46. The predicted molar refractivity (Wildman–Crippen MR) is 96.8 cm³/mol. The van der Waals surface area contributed by atoms with E-state index < -0.39 is 0 Å². The fraction of sp³-hybridized carbons (Fsp3) is 0.316. The van der Waals surface area contributed by atoms with E-state index in [9.17, 15) is 0 Å². The van der Waals surface area contributed by atoms with E-state index in [1.807, 2.05) is 30.3 Å². The van der Waals surface area contributed by atoms with Crippen LogP contribution in [0.5, 0.6) is 11.5 Å². The van der Waals surface area contributed by atoms with Crippen molar-refractivity contribution in [2.24, 2.45) is 4.99 Å². The van der Waals surface area contributed by atoms with E-state index in [1.165, 1.54) is 11.1 Å². The number of methoxy groups -OCH3 is 1. The minimum absolute atomic E-state index is 0.288. The topological polar surface area (TPSA) is 64.1 Å². The lowest BCUT2D eigenvalue weighted by Crippen LogP contribution is -2.36. The van der Waals surface area contributed by atoms with Crippen molar-refractivity contribution in [3.8, 4) is 11.5 Å². The first-order chi connectivity index (χ1) is 12.3. The molecule has 0 aliphatic carbocycles. The largest absolute Gasteiger partial charge is 0.454 e. The Balaban J connectivity index is 1.55. The van der Waals surface area contributed by atoms with Gasteiger partial charge in [0, 0.05) is 27.2 Å². The smallest absolute Gasteiger partial charge is 0.231 e. The standard InChI is InChI=1S/C19H23N3O3/c1-20-19(22-11-15-5-3-4-6-16(15)12-23-2)21-10-14-7-8-17-18(9-14)25-13-24-17/h3-9H,10-13H2,1-2H3,(H2,20,21,22). The molecule has 0 bridgehead atoms. The second-order valence-corrected chi connectivity index (χ2v) is 5.67. The quantitative estimate of drug-likeness (QED) is 0.624. The molecule has 0 aromatic heterocycles. The monoisotopic (exact) mass is 341 g/mol. The van der Waals surface area contributed by atoms with Gasteiger partial charge in [0.25, 0.3) is 0 Å². The molecule has 6 heteroatoms. The Hall–Kier alpha value is -2.73. The lowest BCUT2D eigenvalue weighted by molar-refractivity contribution is 0.174. The summed E-state index contributed by atoms with van der Waals surface area (Å²) in [4.78, 5) is 4.27. The zero-order valence-corrected chi connectivity index (χ0v) is 14.5. The lowest BCUT2D eigenvalue weighted by Gasteiger charge is -2.14. The van der Waals surface area contributed by atoms with Crippen molar-refractivity contribution in [1.29, 1.82) is 0 Å². The van der Waals surface area contributed by atoms with Gasteiger partial charge in [0.1, 0.15) is 0 Å². The predicted octanol–water partition coefficient (Wildman–Crippen LogP) is 2.43. The summed E-state index contributed by atoms with van der Waals surface area (Å²) >= 11 is 0. The van der Waals surface area contributed by atoms with Crippen LogP contribution in [-0.2, 0) is 24.4 Å². The van der Waals surface area contributed by atoms with E-state index in [0.29, 0.717) is 19.7 Å². The number of ether oxygens (including phenoxy) is 3. The van der Waals surface area contributed by atoms with Crippen LogP contribution in [0.1, 0.15) is 16.7 Å². The molecule has 132 valence electrons. The third-order valence-electron chi connectivity index (χ3n) is 3.99. The third-order valence-corrected chi connectivity index (χ3v) is 3.99. The van der Waals surface area contributed by atoms with Gasteiger partial charge in [-0.1, -0.05) is 30.3 Å². The minimum Gasteiger partial charge on any atom is -0.454 e. The summed E-state index contributed by atoms with van der Waals surface area (Å²) in [6.07, 6.45) is 0. The second-order valence-electron chi connectivity index (χ2n) is 5.67. The van der Waals surface area contributed by atoms with Gasteiger partial charge in [-0.2, -0.15) is 0 Å². The van der Waals surface area contributed by atoms with Gasteiger partial charge in [0.05, 0.1) is 6.61 Å². The molecule has 0 spiro atoms. The molecule has 1 heterocycles. The number of hydrogen-bond acceptors (Lipinski definition) is 4. The van der Waals surface area contributed by atoms with Crippen molar-refractivity contribution < 1.29 is 14.2 Å². The molecule has 0 saturated carbocycles. The van der Waals surface area contributed by atoms with Crippen molar-refractivity contribution in [2.45, 2.75) is 19.7 Å². The number of rotatable bonds is 6. The van der Waals surface area contributed by atoms with Gasteiger partial charge in [-0.15, -0.1) is 0 Å². The van der Waals surface area contributed by atoms with E-state index >= 15 is 0 Å². The third kappa shape index (κ3) is 4.42. The highest BCUT2D eigenvalue weighted by Crippen LogP contribution is 2.32. The molecule has 25 heavy (non-hydrogen) atoms. The average molecular weight is 341 g/mol. The molecule has 0 amide bonds. The van der Waals surface area contributed by atoms with Gasteiger partial charge in [0.2, 0.25) is 6.79 Å². The average Bonchev–Trinajstić information content (AvgIpc) is 3.11. The van der Waals surface area contributed by atoms with Gasteiger partial charge in [-0.05, 0) is 28.8 Å². The number of fused-ring (bicyclic) bond motifs is 1. The summed E-state index contributed by atoms with van der Waals surface area (Å²) in [5.41, 5.74) is 3.46. The maximum atomic E-state index is 5.41. The van der Waals surface area contributed by atoms with Crippen molar-refractivity contribution in [3.05, 3.63) is 59.2 Å². The Labute approximate surface area is 147 Å². The van der Waals surface area contributed by atoms with Crippen LogP contribution in [0.3, 0.4) is 0 Å². The molecular formula is C19H23N3O3. The first kappa shape index (κ1) is 17.1. The van der Waals surface area contributed by atoms with Crippen LogP contribution in [0.25, 0.3) is 0 Å². The van der Waals surface area contributed by atoms with E-state index in [2.05, 4.69) is 27.8 Å². The van der Waals surface area contributed by atoms with E-state index in [0.717, 1.165) is 23.0 Å². The number of benzene rings is 2. The van der Waals surface area contributed by atoms with Gasteiger partial charge >= 0.3 is 0 Å². The fourth-order valence-corrected chi connectivity index (χ4v) is 2.66. The maximum Gasteiger partial charge on any atom is 0.231 e. The molecule has 0 radical (unpaired) electrons. The highest BCUT2D eigenvalue weighted by atomic mass is 16.7. The van der Waals surface area contributed by atoms with Crippen molar-refractivity contribution in [2.75, 3.05) is 21.0 Å². The zero-order chi connectivity index (χ0) is 17.5. The maximum absolute atomic E-state index is 5.41. The SMILES string of the molecule is CN=C(NCc1ccc2c(c1)OCO2)NCc1ccccc1COC. The second kappa shape index (κ2) is 8.39. The molecule has 1 aliphatic heterocycles. The molecule has 0 atom stereocenters. The van der Waals surface area contributed by atoms with Crippen LogP contribution in [0.2, 0.25) is 0 Å². The molecule has 1 aliphatic rings. The molecule has 2 N–H and O–H groups in total.